The lowest BCUT2D eigenvalue weighted by molar-refractivity contribution is -0.166. The summed E-state index contributed by atoms with van der Waals surface area (Å²) in [7, 11) is 0. The topological polar surface area (TPSA) is 26.3 Å². The van der Waals surface area contributed by atoms with Crippen molar-refractivity contribution in [3.63, 3.8) is 0 Å². The number of rotatable bonds is 3. The number of ketones is 1. The van der Waals surface area contributed by atoms with E-state index in [2.05, 4.69) is 4.74 Å². The highest BCUT2D eigenvalue weighted by atomic mass is 19.4. The quantitative estimate of drug-likeness (QED) is 0.493. The summed E-state index contributed by atoms with van der Waals surface area (Å²) in [6, 6.07) is 0. The van der Waals surface area contributed by atoms with Crippen LogP contribution >= 0.6 is 0 Å². The van der Waals surface area contributed by atoms with Crippen molar-refractivity contribution in [3.8, 4) is 0 Å². The van der Waals surface area contributed by atoms with Crippen molar-refractivity contribution >= 4 is 5.78 Å². The molecule has 0 fully saturated rings. The molecule has 0 aliphatic rings. The number of Topliss-reactive ketones (excluding diaryl/α,β-unsaturated/α-hetero) is 1. The van der Waals surface area contributed by atoms with Gasteiger partial charge < -0.3 is 4.74 Å². The summed E-state index contributed by atoms with van der Waals surface area (Å²) < 4.78 is 39.6. The molecule has 0 aliphatic carbocycles. The highest BCUT2D eigenvalue weighted by molar-refractivity contribution is 5.98. The Morgan fingerprint density at radius 1 is 1.50 bits per heavy atom. The average Bonchev–Trinajstić information content (AvgIpc) is 1.97. The molecule has 0 aliphatic heterocycles. The molecule has 0 aromatic rings. The highest BCUT2D eigenvalue weighted by Crippen LogP contribution is 2.20. The van der Waals surface area contributed by atoms with Crippen LogP contribution in [0.3, 0.4) is 0 Å². The molecule has 5 heteroatoms. The van der Waals surface area contributed by atoms with Crippen LogP contribution in [-0.2, 0) is 9.53 Å². The summed E-state index contributed by atoms with van der Waals surface area (Å²) in [5.74, 6) is -1.86. The minimum atomic E-state index is -4.81. The molecule has 0 rings (SSSR count). The van der Waals surface area contributed by atoms with Crippen molar-refractivity contribution < 1.29 is 22.7 Å². The fraction of sp³-hybridized carbons (Fsp3) is 0.571. The summed E-state index contributed by atoms with van der Waals surface area (Å²) in [6.07, 6.45) is -3.99. The lowest BCUT2D eigenvalue weighted by Gasteiger charge is -2.04. The van der Waals surface area contributed by atoms with E-state index in [9.17, 15) is 18.0 Å². The van der Waals surface area contributed by atoms with Gasteiger partial charge in [-0.05, 0) is 13.8 Å². The van der Waals surface area contributed by atoms with Gasteiger partial charge >= 0.3 is 6.18 Å². The number of hydrogen-bond acceptors (Lipinski definition) is 2. The zero-order valence-electron chi connectivity index (χ0n) is 6.73. The lowest BCUT2D eigenvalue weighted by Crippen LogP contribution is -2.23. The van der Waals surface area contributed by atoms with Gasteiger partial charge in [-0.25, -0.2) is 0 Å². The molecule has 0 N–H and O–H groups in total. The van der Waals surface area contributed by atoms with E-state index >= 15 is 0 Å². The van der Waals surface area contributed by atoms with Crippen molar-refractivity contribution in [2.45, 2.75) is 20.0 Å². The van der Waals surface area contributed by atoms with Crippen LogP contribution in [0.2, 0.25) is 0 Å². The van der Waals surface area contributed by atoms with Gasteiger partial charge in [0.2, 0.25) is 0 Å². The van der Waals surface area contributed by atoms with Crippen LogP contribution in [0.25, 0.3) is 0 Å². The molecule has 0 unspecified atom stereocenters. The maximum atomic E-state index is 11.7. The van der Waals surface area contributed by atoms with Gasteiger partial charge in [0.25, 0.3) is 5.78 Å². The number of halogens is 3. The molecule has 0 amide bonds. The van der Waals surface area contributed by atoms with Crippen LogP contribution in [0, 0.1) is 0 Å². The Kier molecular flexibility index (Phi) is 3.79. The molecular formula is C7H9F3O2. The Bertz CT molecular complexity index is 193. The highest BCUT2D eigenvalue weighted by Gasteiger charge is 2.39. The maximum absolute atomic E-state index is 11.7. The number of carbonyl (C=O) groups excluding carboxylic acids is 1. The van der Waals surface area contributed by atoms with Crippen LogP contribution in [0.1, 0.15) is 13.8 Å². The Morgan fingerprint density at radius 3 is 2.33 bits per heavy atom. The van der Waals surface area contributed by atoms with E-state index < -0.39 is 17.5 Å². The summed E-state index contributed by atoms with van der Waals surface area (Å²) >= 11 is 0. The van der Waals surface area contributed by atoms with Gasteiger partial charge in [0.05, 0.1) is 12.9 Å². The van der Waals surface area contributed by atoms with Gasteiger partial charge in [0, 0.05) is 5.57 Å². The molecule has 12 heavy (non-hydrogen) atoms. The number of hydrogen-bond donors (Lipinski definition) is 0. The molecule has 0 heterocycles. The van der Waals surface area contributed by atoms with Crippen LogP contribution in [0.4, 0.5) is 13.2 Å². The molecule has 70 valence electrons. The van der Waals surface area contributed by atoms with Crippen molar-refractivity contribution in [2.24, 2.45) is 0 Å². The molecule has 0 bridgehead atoms. The molecule has 0 radical (unpaired) electrons. The van der Waals surface area contributed by atoms with E-state index in [-0.39, 0.29) is 6.61 Å². The number of alkyl halides is 3. The Labute approximate surface area is 68.0 Å². The normalized spacial score (nSPS) is 12.9. The minimum absolute atomic E-state index is 0.239. The summed E-state index contributed by atoms with van der Waals surface area (Å²) in [4.78, 5) is 10.4. The maximum Gasteiger partial charge on any atom is 0.454 e. The largest absolute Gasteiger partial charge is 0.501 e. The predicted octanol–water partition coefficient (Wildman–Crippen LogP) is 2.06. The monoisotopic (exact) mass is 182 g/mol. The molecule has 0 saturated carbocycles. The third-order valence-corrected chi connectivity index (χ3v) is 1.04. The van der Waals surface area contributed by atoms with Gasteiger partial charge in [-0.1, -0.05) is 0 Å². The standard InChI is InChI=1S/C7H9F3O2/c1-3-12-4-5(2)6(11)7(8,9)10/h4H,3H2,1-2H3/b5-4-. The van der Waals surface area contributed by atoms with Crippen LogP contribution in [0.15, 0.2) is 11.8 Å². The third-order valence-electron chi connectivity index (χ3n) is 1.04. The number of carbonyl (C=O) groups is 1. The van der Waals surface area contributed by atoms with E-state index in [0.29, 0.717) is 0 Å². The van der Waals surface area contributed by atoms with Gasteiger partial charge in [0.1, 0.15) is 0 Å². The number of ether oxygens (including phenoxy) is 1. The molecule has 0 aromatic heterocycles. The predicted molar refractivity (Wildman–Crippen MR) is 36.4 cm³/mol. The van der Waals surface area contributed by atoms with Gasteiger partial charge in [-0.15, -0.1) is 0 Å². The third kappa shape index (κ3) is 3.41. The Balaban J connectivity index is 4.30. The summed E-state index contributed by atoms with van der Waals surface area (Å²) in [6.45, 7) is 2.91. The second-order valence-electron chi connectivity index (χ2n) is 2.08. The zero-order valence-corrected chi connectivity index (χ0v) is 6.73. The van der Waals surface area contributed by atoms with Gasteiger partial charge in [-0.3, -0.25) is 4.79 Å². The molecule has 0 spiro atoms. The molecule has 0 aromatic carbocycles. The summed E-state index contributed by atoms with van der Waals surface area (Å²) in [5.41, 5.74) is -0.440. The first kappa shape index (κ1) is 11.0. The average molecular weight is 182 g/mol. The zero-order chi connectivity index (χ0) is 9.78. The van der Waals surface area contributed by atoms with E-state index in [0.717, 1.165) is 13.2 Å². The molecule has 2 nitrogen and oxygen atoms in total. The first-order valence-corrected chi connectivity index (χ1v) is 3.29. The van der Waals surface area contributed by atoms with E-state index in [1.807, 2.05) is 0 Å². The number of allylic oxidation sites excluding steroid dienone is 1. The second kappa shape index (κ2) is 4.13. The SMILES string of the molecule is CCO/C=C(/C)C(=O)C(F)(F)F. The van der Waals surface area contributed by atoms with E-state index in [1.165, 1.54) is 0 Å². The van der Waals surface area contributed by atoms with E-state index in [1.54, 1.807) is 6.92 Å². The van der Waals surface area contributed by atoms with Crippen LogP contribution in [0.5, 0.6) is 0 Å². The van der Waals surface area contributed by atoms with Crippen molar-refractivity contribution in [1.82, 2.24) is 0 Å². The Hall–Kier alpha value is -1.00. The minimum Gasteiger partial charge on any atom is -0.501 e. The first-order valence-electron chi connectivity index (χ1n) is 3.29. The molecule has 0 saturated heterocycles. The fourth-order valence-electron chi connectivity index (χ4n) is 0.485. The van der Waals surface area contributed by atoms with E-state index in [4.69, 9.17) is 0 Å². The van der Waals surface area contributed by atoms with Crippen LogP contribution < -0.4 is 0 Å². The fourth-order valence-corrected chi connectivity index (χ4v) is 0.485. The molecule has 0 atom stereocenters. The van der Waals surface area contributed by atoms with Crippen molar-refractivity contribution in [2.75, 3.05) is 6.61 Å². The smallest absolute Gasteiger partial charge is 0.454 e. The van der Waals surface area contributed by atoms with Gasteiger partial charge in [0.15, 0.2) is 0 Å². The van der Waals surface area contributed by atoms with Crippen LogP contribution in [-0.4, -0.2) is 18.6 Å². The van der Waals surface area contributed by atoms with Gasteiger partial charge in [-0.2, -0.15) is 13.2 Å². The van der Waals surface area contributed by atoms with Crippen molar-refractivity contribution in [3.05, 3.63) is 11.8 Å². The molecular weight excluding hydrogens is 173 g/mol. The first-order chi connectivity index (χ1) is 5.39. The van der Waals surface area contributed by atoms with Crippen molar-refractivity contribution in [1.29, 1.82) is 0 Å². The summed E-state index contributed by atoms with van der Waals surface area (Å²) in [5, 5.41) is 0. The lowest BCUT2D eigenvalue weighted by atomic mass is 10.2. The second-order valence-corrected chi connectivity index (χ2v) is 2.08. The Morgan fingerprint density at radius 2 is 2.00 bits per heavy atom.